The number of benzene rings is 1. The molecule has 3 heteroatoms. The van der Waals surface area contributed by atoms with E-state index in [-0.39, 0.29) is 0 Å². The molecule has 0 spiro atoms. The summed E-state index contributed by atoms with van der Waals surface area (Å²) < 4.78 is 0. The van der Waals surface area contributed by atoms with E-state index in [1.165, 1.54) is 18.5 Å². The molecule has 3 nitrogen and oxygen atoms in total. The summed E-state index contributed by atoms with van der Waals surface area (Å²) >= 11 is 0. The summed E-state index contributed by atoms with van der Waals surface area (Å²) in [6.07, 6.45) is 6.24. The number of nitrogen functional groups attached to an aromatic ring is 1. The molecular weight excluding hydrogens is 234 g/mol. The second-order valence-corrected chi connectivity index (χ2v) is 5.78. The molecular formula is C16H21N3. The number of rotatable bonds is 1. The van der Waals surface area contributed by atoms with Crippen LogP contribution in [0.4, 0.5) is 11.4 Å². The predicted molar refractivity (Wildman–Crippen MR) is 81.4 cm³/mol. The average molecular weight is 255 g/mol. The Morgan fingerprint density at radius 1 is 1.21 bits per heavy atom. The van der Waals surface area contributed by atoms with Crippen molar-refractivity contribution in [3.05, 3.63) is 30.6 Å². The molecule has 1 saturated heterocycles. The summed E-state index contributed by atoms with van der Waals surface area (Å²) in [5.74, 6) is 0.740. The van der Waals surface area contributed by atoms with E-state index in [0.29, 0.717) is 6.04 Å². The van der Waals surface area contributed by atoms with Crippen molar-refractivity contribution in [3.8, 4) is 0 Å². The quantitative estimate of drug-likeness (QED) is 0.794. The Morgan fingerprint density at radius 3 is 2.89 bits per heavy atom. The zero-order valence-electron chi connectivity index (χ0n) is 11.6. The van der Waals surface area contributed by atoms with Gasteiger partial charge in [-0.25, -0.2) is 0 Å². The smallest absolute Gasteiger partial charge is 0.0632 e. The molecule has 2 heterocycles. The highest BCUT2D eigenvalue weighted by Gasteiger charge is 2.24. The first-order valence-electron chi connectivity index (χ1n) is 7.05. The number of anilines is 2. The first-order chi connectivity index (χ1) is 9.16. The van der Waals surface area contributed by atoms with Gasteiger partial charge in [0.25, 0.3) is 0 Å². The molecule has 2 atom stereocenters. The topological polar surface area (TPSA) is 42.2 Å². The van der Waals surface area contributed by atoms with Gasteiger partial charge in [-0.2, -0.15) is 0 Å². The zero-order chi connectivity index (χ0) is 13.4. The third kappa shape index (κ3) is 2.14. The normalized spacial score (nSPS) is 23.8. The van der Waals surface area contributed by atoms with Crippen molar-refractivity contribution in [2.24, 2.45) is 5.92 Å². The van der Waals surface area contributed by atoms with Gasteiger partial charge in [0, 0.05) is 35.8 Å². The van der Waals surface area contributed by atoms with E-state index in [0.717, 1.165) is 28.9 Å². The van der Waals surface area contributed by atoms with Crippen LogP contribution >= 0.6 is 0 Å². The average Bonchev–Trinajstić information content (AvgIpc) is 2.43. The maximum atomic E-state index is 6.39. The van der Waals surface area contributed by atoms with Gasteiger partial charge in [0.15, 0.2) is 0 Å². The van der Waals surface area contributed by atoms with E-state index in [1.807, 2.05) is 18.5 Å². The van der Waals surface area contributed by atoms with Crippen molar-refractivity contribution in [2.75, 3.05) is 17.2 Å². The lowest BCUT2D eigenvalue weighted by molar-refractivity contribution is 0.391. The van der Waals surface area contributed by atoms with Gasteiger partial charge in [0.05, 0.1) is 11.4 Å². The lowest BCUT2D eigenvalue weighted by Gasteiger charge is -2.39. The van der Waals surface area contributed by atoms with E-state index in [1.54, 1.807) is 0 Å². The number of piperidine rings is 1. The van der Waals surface area contributed by atoms with E-state index >= 15 is 0 Å². The molecule has 0 amide bonds. The molecule has 19 heavy (non-hydrogen) atoms. The molecule has 2 unspecified atom stereocenters. The van der Waals surface area contributed by atoms with E-state index in [9.17, 15) is 0 Å². The largest absolute Gasteiger partial charge is 0.397 e. The number of hydrogen-bond donors (Lipinski definition) is 1. The highest BCUT2D eigenvalue weighted by atomic mass is 15.2. The first-order valence-corrected chi connectivity index (χ1v) is 7.05. The fourth-order valence-electron chi connectivity index (χ4n) is 3.06. The number of fused-ring (bicyclic) bond motifs is 1. The van der Waals surface area contributed by atoms with Crippen LogP contribution in [0.25, 0.3) is 10.8 Å². The Hall–Kier alpha value is -1.77. The Labute approximate surface area is 114 Å². The van der Waals surface area contributed by atoms with Crippen LogP contribution in [0, 0.1) is 5.92 Å². The van der Waals surface area contributed by atoms with E-state index in [4.69, 9.17) is 5.73 Å². The summed E-state index contributed by atoms with van der Waals surface area (Å²) in [6.45, 7) is 5.71. The third-order valence-corrected chi connectivity index (χ3v) is 4.27. The molecule has 0 bridgehead atoms. The van der Waals surface area contributed by atoms with Crippen LogP contribution in [0.15, 0.2) is 30.6 Å². The lowest BCUT2D eigenvalue weighted by atomic mass is 9.94. The molecule has 2 aromatic rings. The minimum Gasteiger partial charge on any atom is -0.397 e. The zero-order valence-corrected chi connectivity index (χ0v) is 11.6. The van der Waals surface area contributed by atoms with Crippen molar-refractivity contribution in [1.29, 1.82) is 0 Å². The Balaban J connectivity index is 2.07. The van der Waals surface area contributed by atoms with Gasteiger partial charge in [-0.15, -0.1) is 0 Å². The van der Waals surface area contributed by atoms with Crippen LogP contribution in [-0.4, -0.2) is 17.6 Å². The number of hydrogen-bond acceptors (Lipinski definition) is 3. The van der Waals surface area contributed by atoms with Gasteiger partial charge in [-0.3, -0.25) is 4.98 Å². The number of nitrogens with two attached hydrogens (primary N) is 1. The van der Waals surface area contributed by atoms with Crippen LogP contribution in [0.3, 0.4) is 0 Å². The van der Waals surface area contributed by atoms with Gasteiger partial charge in [0.2, 0.25) is 0 Å². The molecule has 0 saturated carbocycles. The van der Waals surface area contributed by atoms with Crippen molar-refractivity contribution in [1.82, 2.24) is 4.98 Å². The third-order valence-electron chi connectivity index (χ3n) is 4.27. The van der Waals surface area contributed by atoms with Crippen LogP contribution in [0.5, 0.6) is 0 Å². The molecule has 0 aliphatic carbocycles. The Kier molecular flexibility index (Phi) is 3.05. The molecule has 100 valence electrons. The molecule has 1 fully saturated rings. The van der Waals surface area contributed by atoms with Gasteiger partial charge in [-0.05, 0) is 37.8 Å². The standard InChI is InChI=1S/C16H21N3/c1-11-3-4-12(2)19(10-11)15-6-5-13-9-18-8-7-14(13)16(15)17/h5-9,11-12H,3-4,10,17H2,1-2H3. The highest BCUT2D eigenvalue weighted by molar-refractivity contribution is 5.98. The van der Waals surface area contributed by atoms with Crippen molar-refractivity contribution in [3.63, 3.8) is 0 Å². The summed E-state index contributed by atoms with van der Waals surface area (Å²) in [5, 5.41) is 2.22. The molecule has 3 rings (SSSR count). The van der Waals surface area contributed by atoms with Gasteiger partial charge < -0.3 is 10.6 Å². The predicted octanol–water partition coefficient (Wildman–Crippen LogP) is 3.44. The molecule has 1 aliphatic rings. The lowest BCUT2D eigenvalue weighted by Crippen LogP contribution is -2.41. The minimum absolute atomic E-state index is 0.567. The van der Waals surface area contributed by atoms with Crippen molar-refractivity contribution >= 4 is 22.1 Å². The molecule has 0 radical (unpaired) electrons. The molecule has 1 aliphatic heterocycles. The van der Waals surface area contributed by atoms with Crippen LogP contribution < -0.4 is 10.6 Å². The monoisotopic (exact) mass is 255 g/mol. The molecule has 1 aromatic heterocycles. The molecule has 1 aromatic carbocycles. The summed E-state index contributed by atoms with van der Waals surface area (Å²) in [7, 11) is 0. The van der Waals surface area contributed by atoms with Crippen LogP contribution in [0.2, 0.25) is 0 Å². The van der Waals surface area contributed by atoms with Gasteiger partial charge >= 0.3 is 0 Å². The van der Waals surface area contributed by atoms with Gasteiger partial charge in [-0.1, -0.05) is 13.0 Å². The van der Waals surface area contributed by atoms with Gasteiger partial charge in [0.1, 0.15) is 0 Å². The fraction of sp³-hybridized carbons (Fsp3) is 0.438. The van der Waals surface area contributed by atoms with Crippen molar-refractivity contribution in [2.45, 2.75) is 32.7 Å². The first kappa shape index (κ1) is 12.3. The highest BCUT2D eigenvalue weighted by Crippen LogP contribution is 2.35. The second-order valence-electron chi connectivity index (χ2n) is 5.78. The Bertz CT molecular complexity index is 594. The van der Waals surface area contributed by atoms with E-state index in [2.05, 4.69) is 35.9 Å². The summed E-state index contributed by atoms with van der Waals surface area (Å²) in [4.78, 5) is 6.62. The number of aromatic nitrogens is 1. The van der Waals surface area contributed by atoms with Crippen LogP contribution in [-0.2, 0) is 0 Å². The molecule has 2 N–H and O–H groups in total. The minimum atomic E-state index is 0.567. The summed E-state index contributed by atoms with van der Waals surface area (Å²) in [5.41, 5.74) is 8.46. The fourth-order valence-corrected chi connectivity index (χ4v) is 3.06. The number of nitrogens with zero attached hydrogens (tertiary/aromatic N) is 2. The van der Waals surface area contributed by atoms with E-state index < -0.39 is 0 Å². The SMILES string of the molecule is CC1CCC(C)N(c2ccc3cnccc3c2N)C1. The van der Waals surface area contributed by atoms with Crippen molar-refractivity contribution < 1.29 is 0 Å². The maximum Gasteiger partial charge on any atom is 0.0632 e. The number of pyridine rings is 1. The Morgan fingerprint density at radius 2 is 2.05 bits per heavy atom. The maximum absolute atomic E-state index is 6.39. The summed E-state index contributed by atoms with van der Waals surface area (Å²) in [6, 6.07) is 6.85. The second kappa shape index (κ2) is 4.72. The van der Waals surface area contributed by atoms with Crippen LogP contribution in [0.1, 0.15) is 26.7 Å².